The lowest BCUT2D eigenvalue weighted by Crippen LogP contribution is -2.37. The minimum absolute atomic E-state index is 0.155. The molecule has 0 spiro atoms. The molecule has 2 rings (SSSR count). The first-order valence-electron chi connectivity index (χ1n) is 6.77. The molecule has 104 valence electrons. The number of likely N-dealkylation sites (N-methyl/N-ethyl adjacent to an activating group) is 1. The molecular formula is C14H20ClN3O. The number of amides is 1. The van der Waals surface area contributed by atoms with E-state index < -0.39 is 0 Å². The number of hydrogen-bond acceptors (Lipinski definition) is 3. The molecule has 0 atom stereocenters. The summed E-state index contributed by atoms with van der Waals surface area (Å²) in [6, 6.07) is 4.08. The smallest absolute Gasteiger partial charge is 0.254 e. The van der Waals surface area contributed by atoms with E-state index in [1.165, 1.54) is 25.7 Å². The number of nitrogens with one attached hydrogen (secondary N) is 1. The molecule has 1 aromatic heterocycles. The van der Waals surface area contributed by atoms with Gasteiger partial charge in [0, 0.05) is 25.3 Å². The first kappa shape index (κ1) is 14.3. The Morgan fingerprint density at radius 3 is 2.95 bits per heavy atom. The Kier molecular flexibility index (Phi) is 5.16. The maximum atomic E-state index is 11.9. The average Bonchev–Trinajstić information content (AvgIpc) is 2.93. The normalized spacial score (nSPS) is 15.9. The van der Waals surface area contributed by atoms with Crippen molar-refractivity contribution in [3.05, 3.63) is 29.0 Å². The SMILES string of the molecule is CN(CCNC(=O)c1cccnc1Cl)C1CCCC1. The van der Waals surface area contributed by atoms with E-state index in [2.05, 4.69) is 22.2 Å². The van der Waals surface area contributed by atoms with Gasteiger partial charge in [-0.25, -0.2) is 4.98 Å². The summed E-state index contributed by atoms with van der Waals surface area (Å²) in [5.41, 5.74) is 0.438. The monoisotopic (exact) mass is 281 g/mol. The van der Waals surface area contributed by atoms with E-state index in [4.69, 9.17) is 11.6 Å². The molecule has 1 amide bonds. The summed E-state index contributed by atoms with van der Waals surface area (Å²) in [6.07, 6.45) is 6.78. The van der Waals surface area contributed by atoms with Gasteiger partial charge in [0.15, 0.2) is 0 Å². The van der Waals surface area contributed by atoms with Crippen molar-refractivity contribution in [3.63, 3.8) is 0 Å². The minimum atomic E-state index is -0.155. The molecule has 0 unspecified atom stereocenters. The topological polar surface area (TPSA) is 45.2 Å². The van der Waals surface area contributed by atoms with Crippen LogP contribution in [0.2, 0.25) is 5.15 Å². The third kappa shape index (κ3) is 3.91. The van der Waals surface area contributed by atoms with Gasteiger partial charge in [-0.2, -0.15) is 0 Å². The third-order valence-corrected chi connectivity index (χ3v) is 4.00. The van der Waals surface area contributed by atoms with Crippen molar-refractivity contribution in [2.45, 2.75) is 31.7 Å². The Morgan fingerprint density at radius 1 is 1.53 bits per heavy atom. The standard InChI is InChI=1S/C14H20ClN3O/c1-18(11-5-2-3-6-11)10-9-17-14(19)12-7-4-8-16-13(12)15/h4,7-8,11H,2-3,5-6,9-10H2,1H3,(H,17,19). The molecule has 1 heterocycles. The molecule has 0 radical (unpaired) electrons. The molecule has 1 N–H and O–H groups in total. The molecule has 1 aliphatic rings. The van der Waals surface area contributed by atoms with Crippen LogP contribution in [0.25, 0.3) is 0 Å². The van der Waals surface area contributed by atoms with Crippen LogP contribution in [0.1, 0.15) is 36.0 Å². The zero-order valence-corrected chi connectivity index (χ0v) is 12.0. The lowest BCUT2D eigenvalue weighted by atomic mass is 10.2. The highest BCUT2D eigenvalue weighted by Crippen LogP contribution is 2.21. The summed E-state index contributed by atoms with van der Waals surface area (Å²) in [5, 5.41) is 3.14. The summed E-state index contributed by atoms with van der Waals surface area (Å²) in [4.78, 5) is 18.1. The second-order valence-electron chi connectivity index (χ2n) is 5.02. The lowest BCUT2D eigenvalue weighted by molar-refractivity contribution is 0.0947. The summed E-state index contributed by atoms with van der Waals surface area (Å²) in [6.45, 7) is 1.51. The fraction of sp³-hybridized carbons (Fsp3) is 0.571. The Bertz CT molecular complexity index is 432. The zero-order valence-electron chi connectivity index (χ0n) is 11.2. The molecule has 0 aliphatic heterocycles. The predicted molar refractivity (Wildman–Crippen MR) is 76.5 cm³/mol. The molecule has 0 aromatic carbocycles. The number of carbonyl (C=O) groups is 1. The quantitative estimate of drug-likeness (QED) is 0.843. The van der Waals surface area contributed by atoms with Crippen molar-refractivity contribution in [2.24, 2.45) is 0 Å². The van der Waals surface area contributed by atoms with Crippen LogP contribution >= 0.6 is 11.6 Å². The Hall–Kier alpha value is -1.13. The molecule has 0 bridgehead atoms. The van der Waals surface area contributed by atoms with Crippen molar-refractivity contribution in [2.75, 3.05) is 20.1 Å². The van der Waals surface area contributed by atoms with E-state index in [1.54, 1.807) is 18.3 Å². The second-order valence-corrected chi connectivity index (χ2v) is 5.37. The molecule has 4 nitrogen and oxygen atoms in total. The van der Waals surface area contributed by atoms with Crippen LogP contribution in [0.4, 0.5) is 0 Å². The van der Waals surface area contributed by atoms with Crippen molar-refractivity contribution in [3.8, 4) is 0 Å². The second kappa shape index (κ2) is 6.87. The molecule has 1 aromatic rings. The molecule has 1 aliphatic carbocycles. The number of hydrogen-bond donors (Lipinski definition) is 1. The lowest BCUT2D eigenvalue weighted by Gasteiger charge is -2.23. The summed E-state index contributed by atoms with van der Waals surface area (Å²) in [7, 11) is 2.12. The number of pyridine rings is 1. The van der Waals surface area contributed by atoms with Gasteiger partial charge in [-0.3, -0.25) is 4.79 Å². The van der Waals surface area contributed by atoms with Crippen molar-refractivity contribution >= 4 is 17.5 Å². The van der Waals surface area contributed by atoms with Gasteiger partial charge in [-0.15, -0.1) is 0 Å². The van der Waals surface area contributed by atoms with Gasteiger partial charge in [0.05, 0.1) is 5.56 Å². The molecular weight excluding hydrogens is 262 g/mol. The fourth-order valence-electron chi connectivity index (χ4n) is 2.52. The van der Waals surface area contributed by atoms with E-state index >= 15 is 0 Å². The van der Waals surface area contributed by atoms with E-state index in [0.29, 0.717) is 18.2 Å². The Labute approximate surface area is 119 Å². The minimum Gasteiger partial charge on any atom is -0.351 e. The van der Waals surface area contributed by atoms with Crippen LogP contribution in [0, 0.1) is 0 Å². The largest absolute Gasteiger partial charge is 0.351 e. The van der Waals surface area contributed by atoms with Gasteiger partial charge in [-0.1, -0.05) is 24.4 Å². The third-order valence-electron chi connectivity index (χ3n) is 3.70. The first-order valence-corrected chi connectivity index (χ1v) is 7.15. The highest BCUT2D eigenvalue weighted by atomic mass is 35.5. The van der Waals surface area contributed by atoms with E-state index in [-0.39, 0.29) is 11.1 Å². The van der Waals surface area contributed by atoms with Gasteiger partial charge in [0.1, 0.15) is 5.15 Å². The van der Waals surface area contributed by atoms with E-state index in [1.807, 2.05) is 0 Å². The van der Waals surface area contributed by atoms with Crippen LogP contribution in [0.3, 0.4) is 0 Å². The number of nitrogens with zero attached hydrogens (tertiary/aromatic N) is 2. The molecule has 1 saturated carbocycles. The van der Waals surface area contributed by atoms with Crippen LogP contribution in [0.5, 0.6) is 0 Å². The summed E-state index contributed by atoms with van der Waals surface area (Å²) >= 11 is 5.88. The Balaban J connectivity index is 1.76. The van der Waals surface area contributed by atoms with Gasteiger partial charge < -0.3 is 10.2 Å². The maximum absolute atomic E-state index is 11.9. The highest BCUT2D eigenvalue weighted by molar-refractivity contribution is 6.32. The maximum Gasteiger partial charge on any atom is 0.254 e. The summed E-state index contributed by atoms with van der Waals surface area (Å²) < 4.78 is 0. The fourth-order valence-corrected chi connectivity index (χ4v) is 2.73. The van der Waals surface area contributed by atoms with Gasteiger partial charge in [0.2, 0.25) is 0 Å². The molecule has 0 saturated heterocycles. The number of rotatable bonds is 5. The van der Waals surface area contributed by atoms with E-state index in [0.717, 1.165) is 6.54 Å². The molecule has 19 heavy (non-hydrogen) atoms. The highest BCUT2D eigenvalue weighted by Gasteiger charge is 2.19. The van der Waals surface area contributed by atoms with Crippen LogP contribution in [-0.4, -0.2) is 42.0 Å². The summed E-state index contributed by atoms with van der Waals surface area (Å²) in [5.74, 6) is -0.155. The molecule has 1 fully saturated rings. The predicted octanol–water partition coefficient (Wildman–Crippen LogP) is 2.34. The number of halogens is 1. The van der Waals surface area contributed by atoms with Gasteiger partial charge in [-0.05, 0) is 32.0 Å². The average molecular weight is 282 g/mol. The first-order chi connectivity index (χ1) is 9.18. The van der Waals surface area contributed by atoms with Crippen LogP contribution < -0.4 is 5.32 Å². The molecule has 5 heteroatoms. The van der Waals surface area contributed by atoms with Gasteiger partial charge >= 0.3 is 0 Å². The van der Waals surface area contributed by atoms with Crippen LogP contribution in [-0.2, 0) is 0 Å². The zero-order chi connectivity index (χ0) is 13.7. The Morgan fingerprint density at radius 2 is 2.26 bits per heavy atom. The van der Waals surface area contributed by atoms with E-state index in [9.17, 15) is 4.79 Å². The van der Waals surface area contributed by atoms with Crippen LogP contribution in [0.15, 0.2) is 18.3 Å². The number of carbonyl (C=O) groups excluding carboxylic acids is 1. The number of aromatic nitrogens is 1. The van der Waals surface area contributed by atoms with Gasteiger partial charge in [0.25, 0.3) is 5.91 Å². The van der Waals surface area contributed by atoms with Crippen molar-refractivity contribution in [1.82, 2.24) is 15.2 Å². The van der Waals surface area contributed by atoms with Crippen molar-refractivity contribution < 1.29 is 4.79 Å². The van der Waals surface area contributed by atoms with Crippen molar-refractivity contribution in [1.29, 1.82) is 0 Å².